The number of hydrogen-bond acceptors (Lipinski definition) is 6. The molecule has 0 aliphatic rings. The van der Waals surface area contributed by atoms with Gasteiger partial charge in [-0.15, -0.1) is 0 Å². The van der Waals surface area contributed by atoms with E-state index < -0.39 is 16.0 Å². The fraction of sp³-hybridized carbons (Fsp3) is 0.125. The Morgan fingerprint density at radius 1 is 1.25 bits per heavy atom. The van der Waals surface area contributed by atoms with Gasteiger partial charge in [0.05, 0.1) is 12.0 Å². The molecule has 24 heavy (non-hydrogen) atoms. The van der Waals surface area contributed by atoms with Crippen LogP contribution in [0.25, 0.3) is 17.4 Å². The monoisotopic (exact) mass is 346 g/mol. The van der Waals surface area contributed by atoms with Gasteiger partial charge in [-0.1, -0.05) is 0 Å². The number of ether oxygens (including phenoxy) is 1. The highest BCUT2D eigenvalue weighted by Crippen LogP contribution is 2.24. The lowest BCUT2D eigenvalue weighted by atomic mass is 10.2. The van der Waals surface area contributed by atoms with Gasteiger partial charge in [0.25, 0.3) is 0 Å². The Kier molecular flexibility index (Phi) is 5.18. The number of benzene rings is 1. The van der Waals surface area contributed by atoms with Crippen LogP contribution in [0.3, 0.4) is 0 Å². The molecule has 1 aromatic heterocycles. The summed E-state index contributed by atoms with van der Waals surface area (Å²) < 4.78 is 35.6. The van der Waals surface area contributed by atoms with E-state index in [1.54, 1.807) is 30.3 Å². The van der Waals surface area contributed by atoms with E-state index in [0.29, 0.717) is 17.1 Å². The lowest BCUT2D eigenvalue weighted by Crippen LogP contribution is -2.18. The number of methoxy groups -OCH3 is 1. The molecule has 0 atom stereocenters. The van der Waals surface area contributed by atoms with Crippen LogP contribution in [0.15, 0.2) is 51.3 Å². The maximum atomic E-state index is 11.7. The average Bonchev–Trinajstić information content (AvgIpc) is 3.07. The van der Waals surface area contributed by atoms with Gasteiger partial charge in [0, 0.05) is 11.6 Å². The SMILES string of the molecule is CNS(=O)(=O)c1ccc(-c2ccc(C=C(C#N)C(=O)OC)o2)cc1. The molecule has 0 saturated heterocycles. The summed E-state index contributed by atoms with van der Waals surface area (Å²) in [5.74, 6) is 0.0211. The van der Waals surface area contributed by atoms with Crippen molar-refractivity contribution in [3.05, 3.63) is 47.7 Å². The molecule has 1 heterocycles. The Labute approximate surface area is 139 Å². The lowest BCUT2D eigenvalue weighted by Gasteiger charge is -2.03. The molecule has 0 saturated carbocycles. The van der Waals surface area contributed by atoms with Gasteiger partial charge in [0.15, 0.2) is 0 Å². The molecule has 1 N–H and O–H groups in total. The van der Waals surface area contributed by atoms with Crippen LogP contribution in [-0.2, 0) is 19.6 Å². The van der Waals surface area contributed by atoms with Crippen molar-refractivity contribution >= 4 is 22.1 Å². The predicted molar refractivity (Wildman–Crippen MR) is 86.0 cm³/mol. The van der Waals surface area contributed by atoms with E-state index in [2.05, 4.69) is 9.46 Å². The van der Waals surface area contributed by atoms with Crippen LogP contribution < -0.4 is 4.72 Å². The topological polar surface area (TPSA) is 109 Å². The molecule has 0 fully saturated rings. The zero-order valence-corrected chi connectivity index (χ0v) is 13.8. The van der Waals surface area contributed by atoms with Gasteiger partial charge in [-0.05, 0) is 43.4 Å². The number of nitriles is 1. The minimum absolute atomic E-state index is 0.137. The number of nitrogens with zero attached hydrogens (tertiary/aromatic N) is 1. The minimum atomic E-state index is -3.50. The zero-order chi connectivity index (χ0) is 17.7. The normalized spacial score (nSPS) is 11.8. The fourth-order valence-corrected chi connectivity index (χ4v) is 2.62. The summed E-state index contributed by atoms with van der Waals surface area (Å²) in [6.45, 7) is 0. The number of rotatable bonds is 5. The second-order valence-electron chi connectivity index (χ2n) is 4.60. The minimum Gasteiger partial charge on any atom is -0.465 e. The molecule has 124 valence electrons. The average molecular weight is 346 g/mol. The second kappa shape index (κ2) is 7.12. The van der Waals surface area contributed by atoms with Crippen LogP contribution in [0, 0.1) is 11.3 Å². The number of nitrogens with one attached hydrogen (secondary N) is 1. The van der Waals surface area contributed by atoms with Crippen LogP contribution in [0.1, 0.15) is 5.76 Å². The molecule has 0 unspecified atom stereocenters. The third-order valence-electron chi connectivity index (χ3n) is 3.16. The summed E-state index contributed by atoms with van der Waals surface area (Å²) in [7, 11) is -0.983. The third-order valence-corrected chi connectivity index (χ3v) is 4.59. The van der Waals surface area contributed by atoms with Crippen LogP contribution in [0.5, 0.6) is 0 Å². The number of hydrogen-bond donors (Lipinski definition) is 1. The molecule has 0 radical (unpaired) electrons. The summed E-state index contributed by atoms with van der Waals surface area (Å²) in [6.07, 6.45) is 1.27. The highest BCUT2D eigenvalue weighted by Gasteiger charge is 2.13. The quantitative estimate of drug-likeness (QED) is 0.503. The molecule has 8 heteroatoms. The Balaban J connectivity index is 2.30. The van der Waals surface area contributed by atoms with E-state index in [9.17, 15) is 13.2 Å². The summed E-state index contributed by atoms with van der Waals surface area (Å²) in [5.41, 5.74) is 0.468. The number of carbonyl (C=O) groups is 1. The molecule has 0 amide bonds. The molecule has 7 nitrogen and oxygen atoms in total. The number of esters is 1. The molecular weight excluding hydrogens is 332 g/mol. The first-order valence-corrected chi connectivity index (χ1v) is 8.23. The summed E-state index contributed by atoms with van der Waals surface area (Å²) in [6, 6.07) is 11.1. The first-order chi connectivity index (χ1) is 11.4. The highest BCUT2D eigenvalue weighted by molar-refractivity contribution is 7.89. The Morgan fingerprint density at radius 2 is 1.92 bits per heavy atom. The maximum absolute atomic E-state index is 11.7. The lowest BCUT2D eigenvalue weighted by molar-refractivity contribution is -0.135. The fourth-order valence-electron chi connectivity index (χ4n) is 1.89. The van der Waals surface area contributed by atoms with Crippen molar-refractivity contribution < 1.29 is 22.4 Å². The van der Waals surface area contributed by atoms with Crippen LogP contribution in [0.4, 0.5) is 0 Å². The molecule has 0 aliphatic heterocycles. The number of carbonyl (C=O) groups excluding carboxylic acids is 1. The van der Waals surface area contributed by atoms with Gasteiger partial charge in [0.2, 0.25) is 10.0 Å². The van der Waals surface area contributed by atoms with Crippen molar-refractivity contribution in [3.8, 4) is 17.4 Å². The maximum Gasteiger partial charge on any atom is 0.348 e. The van der Waals surface area contributed by atoms with Crippen LogP contribution in [0.2, 0.25) is 0 Å². The Hall–Kier alpha value is -2.89. The Morgan fingerprint density at radius 3 is 2.46 bits per heavy atom. The van der Waals surface area contributed by atoms with E-state index in [1.807, 2.05) is 0 Å². The van der Waals surface area contributed by atoms with Gasteiger partial charge >= 0.3 is 5.97 Å². The molecule has 2 rings (SSSR count). The highest BCUT2D eigenvalue weighted by atomic mass is 32.2. The van der Waals surface area contributed by atoms with E-state index >= 15 is 0 Å². The van der Waals surface area contributed by atoms with Gasteiger partial charge in [0.1, 0.15) is 23.2 Å². The van der Waals surface area contributed by atoms with E-state index in [4.69, 9.17) is 9.68 Å². The van der Waals surface area contributed by atoms with Crippen LogP contribution >= 0.6 is 0 Å². The largest absolute Gasteiger partial charge is 0.465 e. The molecule has 0 aliphatic carbocycles. The van der Waals surface area contributed by atoms with E-state index in [-0.39, 0.29) is 10.5 Å². The molecule has 2 aromatic rings. The van der Waals surface area contributed by atoms with Crippen molar-refractivity contribution in [1.29, 1.82) is 5.26 Å². The van der Waals surface area contributed by atoms with Crippen molar-refractivity contribution in [3.63, 3.8) is 0 Å². The molecule has 0 spiro atoms. The predicted octanol–water partition coefficient (Wildman–Crippen LogP) is 1.93. The summed E-state index contributed by atoms with van der Waals surface area (Å²) >= 11 is 0. The van der Waals surface area contributed by atoms with Crippen LogP contribution in [-0.4, -0.2) is 28.5 Å². The van der Waals surface area contributed by atoms with Gasteiger partial charge in [-0.2, -0.15) is 5.26 Å². The smallest absolute Gasteiger partial charge is 0.348 e. The van der Waals surface area contributed by atoms with Gasteiger partial charge < -0.3 is 9.15 Å². The summed E-state index contributed by atoms with van der Waals surface area (Å²) in [5, 5.41) is 8.92. The van der Waals surface area contributed by atoms with Gasteiger partial charge in [-0.3, -0.25) is 0 Å². The van der Waals surface area contributed by atoms with Crippen molar-refractivity contribution in [2.24, 2.45) is 0 Å². The van der Waals surface area contributed by atoms with E-state index in [0.717, 1.165) is 0 Å². The molecule has 1 aromatic carbocycles. The van der Waals surface area contributed by atoms with Gasteiger partial charge in [-0.25, -0.2) is 17.9 Å². The first-order valence-electron chi connectivity index (χ1n) is 6.75. The number of sulfonamides is 1. The zero-order valence-electron chi connectivity index (χ0n) is 12.9. The summed E-state index contributed by atoms with van der Waals surface area (Å²) in [4.78, 5) is 11.5. The van der Waals surface area contributed by atoms with Crippen molar-refractivity contribution in [1.82, 2.24) is 4.72 Å². The second-order valence-corrected chi connectivity index (χ2v) is 6.48. The standard InChI is InChI=1S/C16H14N2O5S/c1-18-24(20,21)14-6-3-11(4-7-14)15-8-5-13(23-15)9-12(10-17)16(19)22-2/h3-9,18H,1-2H3. The molecular formula is C16H14N2O5S. The third kappa shape index (κ3) is 3.71. The number of furan rings is 1. The molecule has 0 bridgehead atoms. The first kappa shape index (κ1) is 17.5. The van der Waals surface area contributed by atoms with Crippen molar-refractivity contribution in [2.75, 3.05) is 14.2 Å². The van der Waals surface area contributed by atoms with Crippen molar-refractivity contribution in [2.45, 2.75) is 4.90 Å². The Bertz CT molecular complexity index is 918. The van der Waals surface area contributed by atoms with E-state index in [1.165, 1.54) is 32.4 Å².